The fraction of sp³-hybridized carbons (Fsp3) is 0.280. The number of rotatable bonds is 6. The Labute approximate surface area is 208 Å². The lowest BCUT2D eigenvalue weighted by molar-refractivity contribution is -0.657. The summed E-state index contributed by atoms with van der Waals surface area (Å²) in [5.41, 5.74) is 5.84. The zero-order valence-corrected chi connectivity index (χ0v) is 21.9. The maximum absolute atomic E-state index is 11.6. The minimum absolute atomic E-state index is 0. The second-order valence-corrected chi connectivity index (χ2v) is 9.89. The number of hydrogen-bond donors (Lipinski definition) is 1. The van der Waals surface area contributed by atoms with Gasteiger partial charge in [-0.15, -0.1) is 0 Å². The monoisotopic (exact) mass is 530 g/mol. The van der Waals surface area contributed by atoms with Gasteiger partial charge in [0.2, 0.25) is 12.1 Å². The molecule has 2 aromatic carbocycles. The molecule has 1 N–H and O–H groups in total. The molecular weight excluding hydrogens is 504 g/mol. The number of aliphatic carboxylic acids is 1. The van der Waals surface area contributed by atoms with Crippen molar-refractivity contribution in [2.24, 2.45) is 0 Å². The van der Waals surface area contributed by atoms with Gasteiger partial charge in [0.25, 0.3) is 5.01 Å². The topological polar surface area (TPSA) is 44.4 Å². The molecule has 0 bridgehead atoms. The number of carbonyl (C=O) groups is 1. The van der Waals surface area contributed by atoms with Crippen LogP contribution in [-0.4, -0.2) is 17.6 Å². The Morgan fingerprint density at radius 1 is 1.12 bits per heavy atom. The van der Waals surface area contributed by atoms with E-state index in [0.717, 1.165) is 33.8 Å². The predicted octanol–water partition coefficient (Wildman–Crippen LogP) is 3.16. The number of nitrogens with zero attached hydrogens (tertiary/aromatic N) is 2. The van der Waals surface area contributed by atoms with Crippen molar-refractivity contribution in [1.82, 2.24) is 0 Å². The summed E-state index contributed by atoms with van der Waals surface area (Å²) in [5, 5.41) is 11.7. The van der Waals surface area contributed by atoms with Crippen molar-refractivity contribution in [3.05, 3.63) is 69.2 Å². The summed E-state index contributed by atoms with van der Waals surface area (Å²) < 4.78 is 3.02. The first-order valence-corrected chi connectivity index (χ1v) is 12.2. The van der Waals surface area contributed by atoms with E-state index in [1.165, 1.54) is 26.7 Å². The van der Waals surface area contributed by atoms with Gasteiger partial charge in [0.15, 0.2) is 0 Å². The van der Waals surface area contributed by atoms with E-state index < -0.39 is 5.97 Å². The maximum Gasteiger partial charge on any atom is 0.370 e. The third-order valence-electron chi connectivity index (χ3n) is 5.41. The van der Waals surface area contributed by atoms with Gasteiger partial charge in [0, 0.05) is 23.6 Å². The Kier molecular flexibility index (Phi) is 7.85. The standard InChI is InChI=1S/C25H26N2O2S2.BrH/c1-5-18(13-23-26(6-2)19-11-16(3)7-9-21(19)30-23)14-24-27(15-25(28)29)20-12-17(4)8-10-22(20)31-24;/h7-14H,5-6,15H2,1-4H3;1H. The second kappa shape index (κ2) is 10.2. The molecule has 0 saturated heterocycles. The Morgan fingerprint density at radius 3 is 2.53 bits per heavy atom. The molecule has 0 unspecified atom stereocenters. The normalized spacial score (nSPS) is 14.7. The van der Waals surface area contributed by atoms with Crippen LogP contribution in [0.3, 0.4) is 0 Å². The zero-order chi connectivity index (χ0) is 22.1. The van der Waals surface area contributed by atoms with Crippen LogP contribution in [0.5, 0.6) is 0 Å². The van der Waals surface area contributed by atoms with Crippen LogP contribution in [0, 0.1) is 13.8 Å². The largest absolute Gasteiger partial charge is 1.00 e. The number of halogens is 1. The van der Waals surface area contributed by atoms with Crippen LogP contribution >= 0.6 is 23.1 Å². The first kappa shape index (κ1) is 24.6. The molecule has 32 heavy (non-hydrogen) atoms. The number of aromatic nitrogens is 1. The molecule has 1 aliphatic heterocycles. The van der Waals surface area contributed by atoms with Crippen molar-refractivity contribution >= 4 is 51.0 Å². The SMILES string of the molecule is CCC(/C=C1\Sc2ccc(C)cc2N1CC)=C\c1sc2ccc(C)cc2[n+]1CC(=O)O.[Br-]. The summed E-state index contributed by atoms with van der Waals surface area (Å²) in [7, 11) is 0. The number of hydrogen-bond acceptors (Lipinski definition) is 4. The molecule has 168 valence electrons. The molecule has 0 atom stereocenters. The van der Waals surface area contributed by atoms with Gasteiger partial charge in [-0.1, -0.05) is 42.2 Å². The molecule has 0 aliphatic carbocycles. The molecule has 0 spiro atoms. The van der Waals surface area contributed by atoms with E-state index in [0.29, 0.717) is 0 Å². The lowest BCUT2D eigenvalue weighted by Gasteiger charge is -2.18. The summed E-state index contributed by atoms with van der Waals surface area (Å²) in [6.45, 7) is 9.36. The van der Waals surface area contributed by atoms with Crippen molar-refractivity contribution in [1.29, 1.82) is 0 Å². The van der Waals surface area contributed by atoms with Crippen molar-refractivity contribution in [3.63, 3.8) is 0 Å². The molecule has 1 aliphatic rings. The average molecular weight is 532 g/mol. The van der Waals surface area contributed by atoms with Crippen LogP contribution in [0.15, 0.2) is 58.0 Å². The zero-order valence-electron chi connectivity index (χ0n) is 18.7. The molecule has 0 saturated carbocycles. The molecule has 7 heteroatoms. The van der Waals surface area contributed by atoms with E-state index in [4.69, 9.17) is 0 Å². The smallest absolute Gasteiger partial charge is 0.370 e. The van der Waals surface area contributed by atoms with Gasteiger partial charge in [-0.3, -0.25) is 0 Å². The van der Waals surface area contributed by atoms with Crippen LogP contribution < -0.4 is 26.4 Å². The van der Waals surface area contributed by atoms with Gasteiger partial charge in [-0.2, -0.15) is 4.57 Å². The molecular formula is C25H27BrN2O2S2. The van der Waals surface area contributed by atoms with Crippen LogP contribution in [-0.2, 0) is 11.3 Å². The van der Waals surface area contributed by atoms with Crippen molar-refractivity contribution < 1.29 is 31.4 Å². The minimum atomic E-state index is -0.827. The van der Waals surface area contributed by atoms with Crippen molar-refractivity contribution in [2.75, 3.05) is 11.4 Å². The highest BCUT2D eigenvalue weighted by Gasteiger charge is 2.25. The van der Waals surface area contributed by atoms with E-state index in [9.17, 15) is 9.90 Å². The number of aryl methyl sites for hydroxylation is 2. The molecule has 3 aromatic rings. The van der Waals surface area contributed by atoms with E-state index in [1.54, 1.807) is 23.1 Å². The summed E-state index contributed by atoms with van der Waals surface area (Å²) in [6, 6.07) is 12.8. The predicted molar refractivity (Wildman–Crippen MR) is 131 cm³/mol. The maximum atomic E-state index is 11.6. The fourth-order valence-corrected chi connectivity index (χ4v) is 6.13. The summed E-state index contributed by atoms with van der Waals surface area (Å²) >= 11 is 3.45. The Balaban J connectivity index is 0.00000289. The number of anilines is 1. The number of benzene rings is 2. The van der Waals surface area contributed by atoms with Crippen molar-refractivity contribution in [3.8, 4) is 0 Å². The third-order valence-corrected chi connectivity index (χ3v) is 7.63. The Bertz CT molecular complexity index is 1230. The van der Waals surface area contributed by atoms with Crippen molar-refractivity contribution in [2.45, 2.75) is 45.6 Å². The van der Waals surface area contributed by atoms with E-state index >= 15 is 0 Å². The number of fused-ring (bicyclic) bond motifs is 2. The lowest BCUT2D eigenvalue weighted by atomic mass is 10.1. The first-order chi connectivity index (χ1) is 14.9. The van der Waals surface area contributed by atoms with Gasteiger partial charge in [0.05, 0.1) is 10.7 Å². The molecule has 2 heterocycles. The molecule has 0 fully saturated rings. The van der Waals surface area contributed by atoms with Crippen LogP contribution in [0.25, 0.3) is 16.3 Å². The Morgan fingerprint density at radius 2 is 1.84 bits per heavy atom. The number of thioether (sulfide) groups is 1. The van der Waals surface area contributed by atoms with Gasteiger partial charge >= 0.3 is 5.97 Å². The number of carboxylic acid groups (broad SMARTS) is 1. The first-order valence-electron chi connectivity index (χ1n) is 10.5. The molecule has 1 aromatic heterocycles. The number of carboxylic acids is 1. The minimum Gasteiger partial charge on any atom is -1.00 e. The van der Waals surface area contributed by atoms with Crippen LogP contribution in [0.2, 0.25) is 0 Å². The van der Waals surface area contributed by atoms with Gasteiger partial charge in [-0.05, 0) is 68.2 Å². The average Bonchev–Trinajstić information content (AvgIpc) is 3.24. The van der Waals surface area contributed by atoms with E-state index in [-0.39, 0.29) is 23.5 Å². The van der Waals surface area contributed by atoms with E-state index in [2.05, 4.69) is 74.2 Å². The lowest BCUT2D eigenvalue weighted by Crippen LogP contribution is -3.00. The molecule has 4 nitrogen and oxygen atoms in total. The van der Waals surface area contributed by atoms with E-state index in [1.807, 2.05) is 11.5 Å². The van der Waals surface area contributed by atoms with Gasteiger partial charge in [-0.25, -0.2) is 4.79 Å². The summed E-state index contributed by atoms with van der Waals surface area (Å²) in [5.74, 6) is -0.827. The van der Waals surface area contributed by atoms with Gasteiger partial charge < -0.3 is 27.0 Å². The number of allylic oxidation sites excluding steroid dienone is 2. The second-order valence-electron chi connectivity index (χ2n) is 7.76. The Hall–Kier alpha value is -2.09. The highest BCUT2D eigenvalue weighted by atomic mass is 79.9. The fourth-order valence-electron chi connectivity index (χ4n) is 3.82. The third kappa shape index (κ3) is 4.95. The highest BCUT2D eigenvalue weighted by Crippen LogP contribution is 2.46. The molecule has 4 rings (SSSR count). The van der Waals surface area contributed by atoms with Gasteiger partial charge in [0.1, 0.15) is 4.70 Å². The summed E-state index contributed by atoms with van der Waals surface area (Å²) in [4.78, 5) is 15.2. The number of thiazole rings is 1. The van der Waals surface area contributed by atoms with Crippen LogP contribution in [0.1, 0.15) is 36.4 Å². The molecule has 0 radical (unpaired) electrons. The quantitative estimate of drug-likeness (QED) is 0.497. The highest BCUT2D eigenvalue weighted by molar-refractivity contribution is 8.03. The van der Waals surface area contributed by atoms with Crippen LogP contribution in [0.4, 0.5) is 5.69 Å². The summed E-state index contributed by atoms with van der Waals surface area (Å²) in [6.07, 6.45) is 5.28. The molecule has 0 amide bonds.